The highest BCUT2D eigenvalue weighted by molar-refractivity contribution is 6.07. The minimum absolute atomic E-state index is 0.0134. The summed E-state index contributed by atoms with van der Waals surface area (Å²) in [5.74, 6) is -0.336. The number of halogens is 3. The standard InChI is InChI=1S/C24H21F3N2O3/c1-15(2)32-21-11-9-16(10-12-21)22(30)28-19-7-3-5-17(13-19)23(31)29-20-8-4-6-18(14-20)24(25,26)27/h3-15H,1-2H3,(H,28,30)(H,29,31). The summed E-state index contributed by atoms with van der Waals surface area (Å²) in [5.41, 5.74) is 0.110. The van der Waals surface area contributed by atoms with Gasteiger partial charge in [0.15, 0.2) is 0 Å². The van der Waals surface area contributed by atoms with Crippen molar-refractivity contribution in [2.24, 2.45) is 0 Å². The molecular formula is C24H21F3N2O3. The van der Waals surface area contributed by atoms with Crippen LogP contribution >= 0.6 is 0 Å². The van der Waals surface area contributed by atoms with Crippen molar-refractivity contribution < 1.29 is 27.5 Å². The lowest BCUT2D eigenvalue weighted by Crippen LogP contribution is -2.15. The van der Waals surface area contributed by atoms with Crippen LogP contribution in [0.4, 0.5) is 24.5 Å². The molecule has 166 valence electrons. The van der Waals surface area contributed by atoms with E-state index in [-0.39, 0.29) is 23.3 Å². The highest BCUT2D eigenvalue weighted by atomic mass is 19.4. The van der Waals surface area contributed by atoms with Crippen LogP contribution in [0, 0.1) is 0 Å². The van der Waals surface area contributed by atoms with Crippen LogP contribution in [-0.4, -0.2) is 17.9 Å². The van der Waals surface area contributed by atoms with Gasteiger partial charge in [0.1, 0.15) is 5.75 Å². The number of carbonyl (C=O) groups excluding carboxylic acids is 2. The molecular weight excluding hydrogens is 421 g/mol. The lowest BCUT2D eigenvalue weighted by Gasteiger charge is -2.11. The van der Waals surface area contributed by atoms with Gasteiger partial charge < -0.3 is 15.4 Å². The lowest BCUT2D eigenvalue weighted by atomic mass is 10.1. The number of alkyl halides is 3. The fourth-order valence-corrected chi connectivity index (χ4v) is 2.88. The molecule has 3 rings (SSSR count). The van der Waals surface area contributed by atoms with Gasteiger partial charge >= 0.3 is 6.18 Å². The van der Waals surface area contributed by atoms with E-state index in [0.717, 1.165) is 12.1 Å². The molecule has 3 aromatic rings. The molecule has 0 aromatic heterocycles. The van der Waals surface area contributed by atoms with Crippen LogP contribution in [0.5, 0.6) is 5.75 Å². The third-order valence-electron chi connectivity index (χ3n) is 4.32. The summed E-state index contributed by atoms with van der Waals surface area (Å²) in [5, 5.41) is 5.14. The summed E-state index contributed by atoms with van der Waals surface area (Å²) in [7, 11) is 0. The van der Waals surface area contributed by atoms with E-state index in [0.29, 0.717) is 17.0 Å². The molecule has 0 bridgehead atoms. The van der Waals surface area contributed by atoms with E-state index in [2.05, 4.69) is 10.6 Å². The lowest BCUT2D eigenvalue weighted by molar-refractivity contribution is -0.137. The zero-order valence-electron chi connectivity index (χ0n) is 17.4. The summed E-state index contributed by atoms with van der Waals surface area (Å²) >= 11 is 0. The van der Waals surface area contributed by atoms with Gasteiger partial charge in [-0.1, -0.05) is 12.1 Å². The quantitative estimate of drug-likeness (QED) is 0.492. The zero-order valence-corrected chi connectivity index (χ0v) is 17.4. The maximum atomic E-state index is 12.9. The Bertz CT molecular complexity index is 1110. The number of carbonyl (C=O) groups is 2. The van der Waals surface area contributed by atoms with E-state index in [1.807, 2.05) is 13.8 Å². The van der Waals surface area contributed by atoms with Gasteiger partial charge in [-0.05, 0) is 74.5 Å². The molecule has 8 heteroatoms. The number of ether oxygens (including phenoxy) is 1. The van der Waals surface area contributed by atoms with Crippen LogP contribution in [-0.2, 0) is 6.18 Å². The summed E-state index contributed by atoms with van der Waals surface area (Å²) in [4.78, 5) is 25.0. The molecule has 0 aliphatic heterocycles. The van der Waals surface area contributed by atoms with E-state index in [1.165, 1.54) is 24.3 Å². The van der Waals surface area contributed by atoms with Crippen molar-refractivity contribution in [3.05, 3.63) is 89.5 Å². The van der Waals surface area contributed by atoms with Gasteiger partial charge in [0, 0.05) is 22.5 Å². The Labute approximate surface area is 183 Å². The van der Waals surface area contributed by atoms with Gasteiger partial charge in [-0.3, -0.25) is 9.59 Å². The van der Waals surface area contributed by atoms with Crippen LogP contribution in [0.15, 0.2) is 72.8 Å². The molecule has 0 aliphatic rings. The van der Waals surface area contributed by atoms with E-state index < -0.39 is 17.6 Å². The normalized spacial score (nSPS) is 11.2. The number of amides is 2. The largest absolute Gasteiger partial charge is 0.491 e. The highest BCUT2D eigenvalue weighted by Crippen LogP contribution is 2.30. The average Bonchev–Trinajstić information content (AvgIpc) is 2.73. The van der Waals surface area contributed by atoms with Crippen LogP contribution in [0.1, 0.15) is 40.1 Å². The molecule has 0 atom stereocenters. The SMILES string of the molecule is CC(C)Oc1ccc(C(=O)Nc2cccc(C(=O)Nc3cccc(C(F)(F)F)c3)c2)cc1. The number of hydrogen-bond donors (Lipinski definition) is 2. The molecule has 0 heterocycles. The monoisotopic (exact) mass is 442 g/mol. The Morgan fingerprint density at radius 1 is 0.781 bits per heavy atom. The minimum atomic E-state index is -4.51. The molecule has 0 saturated carbocycles. The predicted octanol–water partition coefficient (Wildman–Crippen LogP) is 6.00. The number of benzene rings is 3. The number of anilines is 2. The second-order valence-electron chi connectivity index (χ2n) is 7.26. The van der Waals surface area contributed by atoms with Crippen LogP contribution in [0.3, 0.4) is 0 Å². The summed E-state index contributed by atoms with van der Waals surface area (Å²) in [6.07, 6.45) is -4.50. The van der Waals surface area contributed by atoms with Crippen molar-refractivity contribution in [1.29, 1.82) is 0 Å². The van der Waals surface area contributed by atoms with Gasteiger partial charge in [0.2, 0.25) is 0 Å². The Morgan fingerprint density at radius 2 is 1.34 bits per heavy atom. The molecule has 3 aromatic carbocycles. The Balaban J connectivity index is 1.68. The third kappa shape index (κ3) is 6.10. The Kier molecular flexibility index (Phi) is 6.82. The Hall–Kier alpha value is -3.81. The first-order chi connectivity index (χ1) is 15.1. The van der Waals surface area contributed by atoms with E-state index in [1.54, 1.807) is 36.4 Å². The molecule has 0 aliphatic carbocycles. The number of rotatable bonds is 6. The number of hydrogen-bond acceptors (Lipinski definition) is 3. The summed E-state index contributed by atoms with van der Waals surface area (Å²) in [6.45, 7) is 3.80. The van der Waals surface area contributed by atoms with Crippen LogP contribution in [0.25, 0.3) is 0 Å². The van der Waals surface area contributed by atoms with Crippen molar-refractivity contribution in [1.82, 2.24) is 0 Å². The number of nitrogens with one attached hydrogen (secondary N) is 2. The third-order valence-corrected chi connectivity index (χ3v) is 4.32. The first-order valence-electron chi connectivity index (χ1n) is 9.78. The topological polar surface area (TPSA) is 67.4 Å². The first kappa shape index (κ1) is 22.9. The van der Waals surface area contributed by atoms with E-state index >= 15 is 0 Å². The van der Waals surface area contributed by atoms with Crippen molar-refractivity contribution in [2.75, 3.05) is 10.6 Å². The summed E-state index contributed by atoms with van der Waals surface area (Å²) in [6, 6.07) is 17.1. The maximum Gasteiger partial charge on any atom is 0.416 e. The van der Waals surface area contributed by atoms with E-state index in [9.17, 15) is 22.8 Å². The van der Waals surface area contributed by atoms with Crippen molar-refractivity contribution >= 4 is 23.2 Å². The van der Waals surface area contributed by atoms with Crippen LogP contribution in [0.2, 0.25) is 0 Å². The van der Waals surface area contributed by atoms with Crippen molar-refractivity contribution in [3.63, 3.8) is 0 Å². The highest BCUT2D eigenvalue weighted by Gasteiger charge is 2.30. The molecule has 0 fully saturated rings. The van der Waals surface area contributed by atoms with Gasteiger partial charge in [0.25, 0.3) is 11.8 Å². The molecule has 0 saturated heterocycles. The molecule has 0 spiro atoms. The molecule has 0 radical (unpaired) electrons. The zero-order chi connectivity index (χ0) is 23.3. The second kappa shape index (κ2) is 9.55. The van der Waals surface area contributed by atoms with Gasteiger partial charge in [0.05, 0.1) is 11.7 Å². The van der Waals surface area contributed by atoms with Crippen LogP contribution < -0.4 is 15.4 Å². The molecule has 2 amide bonds. The fourth-order valence-electron chi connectivity index (χ4n) is 2.88. The fraction of sp³-hybridized carbons (Fsp3) is 0.167. The van der Waals surface area contributed by atoms with Crippen molar-refractivity contribution in [3.8, 4) is 5.75 Å². The van der Waals surface area contributed by atoms with Gasteiger partial charge in [-0.25, -0.2) is 0 Å². The first-order valence-corrected chi connectivity index (χ1v) is 9.78. The molecule has 0 unspecified atom stereocenters. The minimum Gasteiger partial charge on any atom is -0.491 e. The maximum absolute atomic E-state index is 12.9. The molecule has 2 N–H and O–H groups in total. The Morgan fingerprint density at radius 3 is 1.94 bits per heavy atom. The molecule has 32 heavy (non-hydrogen) atoms. The molecule has 5 nitrogen and oxygen atoms in total. The average molecular weight is 442 g/mol. The predicted molar refractivity (Wildman–Crippen MR) is 116 cm³/mol. The van der Waals surface area contributed by atoms with Crippen molar-refractivity contribution in [2.45, 2.75) is 26.1 Å². The smallest absolute Gasteiger partial charge is 0.416 e. The van der Waals surface area contributed by atoms with E-state index in [4.69, 9.17) is 4.74 Å². The summed E-state index contributed by atoms with van der Waals surface area (Å²) < 4.78 is 44.1. The van der Waals surface area contributed by atoms with Gasteiger partial charge in [-0.15, -0.1) is 0 Å². The second-order valence-corrected chi connectivity index (χ2v) is 7.26. The van der Waals surface area contributed by atoms with Gasteiger partial charge in [-0.2, -0.15) is 13.2 Å².